The maximum absolute atomic E-state index is 12.8. The molecule has 5 heteroatoms. The number of phenolic OH excluding ortho intramolecular Hbond substituents is 2. The molecule has 0 spiro atoms. The Hall–Kier alpha value is -1.78. The number of carbonyl (C=O) groups excluding carboxylic acids is 1. The number of rotatable bonds is 2. The molecule has 0 atom stereocenters. The van der Waals surface area contributed by atoms with Crippen molar-refractivity contribution in [2.24, 2.45) is 0 Å². The van der Waals surface area contributed by atoms with E-state index < -0.39 is 5.78 Å². The minimum Gasteiger partial charge on any atom is -0.507 e. The predicted octanol–water partition coefficient (Wildman–Crippen LogP) is 4.79. The summed E-state index contributed by atoms with van der Waals surface area (Å²) in [5.74, 6) is -0.525. The molecule has 3 rings (SSSR count). The van der Waals surface area contributed by atoms with Crippen LogP contribution in [-0.2, 0) is 12.8 Å². The standard InChI is InChI=1S/C18H14BrClO3/c1-9-6-7-10-12(8-9)18(23)15(19)14(16(10)21)17(22)11-4-2-3-5-13(11)20/h2-6,21,23H,7-8H2,1H3. The second kappa shape index (κ2) is 6.02. The second-order valence-corrected chi connectivity index (χ2v) is 6.78. The minimum atomic E-state index is -0.427. The average Bonchev–Trinajstić information content (AvgIpc) is 2.53. The van der Waals surface area contributed by atoms with Gasteiger partial charge in [-0.1, -0.05) is 35.4 Å². The van der Waals surface area contributed by atoms with E-state index >= 15 is 0 Å². The van der Waals surface area contributed by atoms with Crippen molar-refractivity contribution in [2.45, 2.75) is 19.8 Å². The molecule has 2 aromatic carbocycles. The molecular weight excluding hydrogens is 380 g/mol. The predicted molar refractivity (Wildman–Crippen MR) is 93.5 cm³/mol. The third-order valence-corrected chi connectivity index (χ3v) is 5.16. The highest BCUT2D eigenvalue weighted by atomic mass is 79.9. The largest absolute Gasteiger partial charge is 0.507 e. The molecule has 0 saturated carbocycles. The van der Waals surface area contributed by atoms with Crippen molar-refractivity contribution in [3.05, 3.63) is 67.7 Å². The Bertz CT molecular complexity index is 856. The monoisotopic (exact) mass is 392 g/mol. The van der Waals surface area contributed by atoms with Gasteiger partial charge in [0.15, 0.2) is 5.78 Å². The zero-order chi connectivity index (χ0) is 16.7. The number of aromatic hydroxyl groups is 2. The highest BCUT2D eigenvalue weighted by Gasteiger charge is 2.28. The fourth-order valence-corrected chi connectivity index (χ4v) is 3.65. The van der Waals surface area contributed by atoms with Crippen LogP contribution < -0.4 is 0 Å². The number of halogens is 2. The van der Waals surface area contributed by atoms with E-state index in [2.05, 4.69) is 15.9 Å². The summed E-state index contributed by atoms with van der Waals surface area (Å²) in [7, 11) is 0. The summed E-state index contributed by atoms with van der Waals surface area (Å²) >= 11 is 9.35. The van der Waals surface area contributed by atoms with Gasteiger partial charge in [0.1, 0.15) is 11.5 Å². The van der Waals surface area contributed by atoms with Crippen molar-refractivity contribution in [3.63, 3.8) is 0 Å². The molecule has 0 heterocycles. The van der Waals surface area contributed by atoms with Crippen molar-refractivity contribution in [2.75, 3.05) is 0 Å². The highest BCUT2D eigenvalue weighted by molar-refractivity contribution is 9.10. The van der Waals surface area contributed by atoms with E-state index in [1.54, 1.807) is 24.3 Å². The fraction of sp³-hybridized carbons (Fsp3) is 0.167. The molecule has 23 heavy (non-hydrogen) atoms. The third kappa shape index (κ3) is 2.66. The van der Waals surface area contributed by atoms with Gasteiger partial charge in [-0.15, -0.1) is 0 Å². The maximum Gasteiger partial charge on any atom is 0.199 e. The Balaban J connectivity index is 2.21. The lowest BCUT2D eigenvalue weighted by atomic mass is 9.87. The van der Waals surface area contributed by atoms with Crippen LogP contribution in [0.15, 0.2) is 40.4 Å². The lowest BCUT2D eigenvalue weighted by Gasteiger charge is -2.21. The maximum atomic E-state index is 12.8. The highest BCUT2D eigenvalue weighted by Crippen LogP contribution is 2.45. The van der Waals surface area contributed by atoms with E-state index in [1.807, 2.05) is 13.0 Å². The van der Waals surface area contributed by atoms with Gasteiger partial charge in [0.2, 0.25) is 0 Å². The average molecular weight is 394 g/mol. The lowest BCUT2D eigenvalue weighted by molar-refractivity contribution is 0.103. The summed E-state index contributed by atoms with van der Waals surface area (Å²) in [6.07, 6.45) is 3.02. The molecular formula is C18H14BrClO3. The van der Waals surface area contributed by atoms with Crippen LogP contribution in [0.25, 0.3) is 0 Å². The number of phenols is 2. The summed E-state index contributed by atoms with van der Waals surface area (Å²) < 4.78 is 0.202. The van der Waals surface area contributed by atoms with Gasteiger partial charge in [0.05, 0.1) is 15.1 Å². The van der Waals surface area contributed by atoms with Gasteiger partial charge in [-0.2, -0.15) is 0 Å². The Labute approximate surface area is 147 Å². The summed E-state index contributed by atoms with van der Waals surface area (Å²) in [4.78, 5) is 12.8. The van der Waals surface area contributed by atoms with Gasteiger partial charge in [0, 0.05) is 16.7 Å². The van der Waals surface area contributed by atoms with Gasteiger partial charge in [-0.3, -0.25) is 4.79 Å². The van der Waals surface area contributed by atoms with Crippen LogP contribution in [-0.4, -0.2) is 16.0 Å². The Morgan fingerprint density at radius 3 is 2.57 bits per heavy atom. The van der Waals surface area contributed by atoms with Gasteiger partial charge in [-0.05, 0) is 47.8 Å². The smallest absolute Gasteiger partial charge is 0.199 e. The minimum absolute atomic E-state index is 0.000605. The van der Waals surface area contributed by atoms with Crippen LogP contribution in [0, 0.1) is 0 Å². The number of benzene rings is 2. The normalized spacial score (nSPS) is 13.4. The first-order chi connectivity index (χ1) is 10.9. The zero-order valence-corrected chi connectivity index (χ0v) is 14.7. The molecule has 0 amide bonds. The quantitative estimate of drug-likeness (QED) is 0.438. The molecule has 2 N–H and O–H groups in total. The van der Waals surface area contributed by atoms with Gasteiger partial charge < -0.3 is 10.2 Å². The molecule has 0 bridgehead atoms. The van der Waals surface area contributed by atoms with Crippen molar-refractivity contribution >= 4 is 33.3 Å². The van der Waals surface area contributed by atoms with E-state index in [0.717, 1.165) is 5.57 Å². The number of hydrogen-bond acceptors (Lipinski definition) is 3. The summed E-state index contributed by atoms with van der Waals surface area (Å²) in [6.45, 7) is 1.97. The molecule has 0 saturated heterocycles. The molecule has 0 aromatic heterocycles. The SMILES string of the molecule is CC1=CCc2c(O)c(C(=O)c3ccccc3Cl)c(Br)c(O)c2C1. The molecule has 0 fully saturated rings. The fourth-order valence-electron chi connectivity index (χ4n) is 2.82. The van der Waals surface area contributed by atoms with Crippen LogP contribution in [0.2, 0.25) is 5.02 Å². The molecule has 0 radical (unpaired) electrons. The van der Waals surface area contributed by atoms with Crippen LogP contribution in [0.4, 0.5) is 0 Å². The topological polar surface area (TPSA) is 57.5 Å². The zero-order valence-electron chi connectivity index (χ0n) is 12.4. The third-order valence-electron chi connectivity index (χ3n) is 4.06. The van der Waals surface area contributed by atoms with Crippen molar-refractivity contribution in [1.29, 1.82) is 0 Å². The number of ketones is 1. The van der Waals surface area contributed by atoms with E-state index in [-0.39, 0.29) is 27.1 Å². The molecule has 118 valence electrons. The van der Waals surface area contributed by atoms with Gasteiger partial charge in [-0.25, -0.2) is 0 Å². The molecule has 0 unspecified atom stereocenters. The number of hydrogen-bond donors (Lipinski definition) is 2. The summed E-state index contributed by atoms with van der Waals surface area (Å²) in [5, 5.41) is 21.4. The molecule has 1 aliphatic rings. The van der Waals surface area contributed by atoms with Crippen LogP contribution >= 0.6 is 27.5 Å². The second-order valence-electron chi connectivity index (χ2n) is 5.58. The Kier molecular flexibility index (Phi) is 4.21. The Morgan fingerprint density at radius 1 is 1.17 bits per heavy atom. The molecule has 3 nitrogen and oxygen atoms in total. The van der Waals surface area contributed by atoms with Crippen LogP contribution in [0.3, 0.4) is 0 Å². The first kappa shape index (κ1) is 16.1. The number of carbonyl (C=O) groups is 1. The van der Waals surface area contributed by atoms with E-state index in [4.69, 9.17) is 11.6 Å². The first-order valence-corrected chi connectivity index (χ1v) is 8.29. The van der Waals surface area contributed by atoms with Crippen LogP contribution in [0.5, 0.6) is 11.5 Å². The number of fused-ring (bicyclic) bond motifs is 1. The van der Waals surface area contributed by atoms with Crippen LogP contribution in [0.1, 0.15) is 34.0 Å². The molecule has 1 aliphatic carbocycles. The number of allylic oxidation sites excluding steroid dienone is 2. The van der Waals surface area contributed by atoms with Gasteiger partial charge >= 0.3 is 0 Å². The Morgan fingerprint density at radius 2 is 1.87 bits per heavy atom. The van der Waals surface area contributed by atoms with Crippen molar-refractivity contribution in [3.8, 4) is 11.5 Å². The van der Waals surface area contributed by atoms with Gasteiger partial charge in [0.25, 0.3) is 0 Å². The lowest BCUT2D eigenvalue weighted by Crippen LogP contribution is -2.10. The van der Waals surface area contributed by atoms with E-state index in [0.29, 0.717) is 29.0 Å². The van der Waals surface area contributed by atoms with Crippen molar-refractivity contribution < 1.29 is 15.0 Å². The summed E-state index contributed by atoms with van der Waals surface area (Å²) in [5.41, 5.74) is 2.69. The molecule has 2 aromatic rings. The van der Waals surface area contributed by atoms with E-state index in [9.17, 15) is 15.0 Å². The molecule has 0 aliphatic heterocycles. The van der Waals surface area contributed by atoms with E-state index in [1.165, 1.54) is 0 Å². The first-order valence-electron chi connectivity index (χ1n) is 7.11. The van der Waals surface area contributed by atoms with Crippen molar-refractivity contribution in [1.82, 2.24) is 0 Å². The summed E-state index contributed by atoms with van der Waals surface area (Å²) in [6, 6.07) is 6.64.